The molecule has 0 aromatic rings. The standard InChI is InChI=1S/C14H25N3O3/c1-2-10-3-8-17(12(9-10)13(18)19)14(20)16-6-4-11(15)5-7-16/h10-12H,2-9,15H2,1H3,(H,18,19). The molecule has 2 aliphatic rings. The second kappa shape index (κ2) is 6.43. The van der Waals surface area contributed by atoms with Crippen LogP contribution in [0.5, 0.6) is 0 Å². The number of carbonyl (C=O) groups is 2. The normalized spacial score (nSPS) is 28.5. The number of piperidine rings is 2. The zero-order valence-electron chi connectivity index (χ0n) is 12.1. The molecule has 6 heteroatoms. The summed E-state index contributed by atoms with van der Waals surface area (Å²) < 4.78 is 0. The zero-order chi connectivity index (χ0) is 14.7. The maximum atomic E-state index is 12.5. The summed E-state index contributed by atoms with van der Waals surface area (Å²) in [5, 5.41) is 9.38. The molecule has 114 valence electrons. The quantitative estimate of drug-likeness (QED) is 0.794. The first-order chi connectivity index (χ1) is 9.52. The summed E-state index contributed by atoms with van der Waals surface area (Å²) >= 11 is 0. The summed E-state index contributed by atoms with van der Waals surface area (Å²) in [7, 11) is 0. The Morgan fingerprint density at radius 3 is 2.40 bits per heavy atom. The van der Waals surface area contributed by atoms with Crippen LogP contribution in [0.15, 0.2) is 0 Å². The van der Waals surface area contributed by atoms with Gasteiger partial charge in [0.25, 0.3) is 0 Å². The van der Waals surface area contributed by atoms with Gasteiger partial charge >= 0.3 is 12.0 Å². The van der Waals surface area contributed by atoms with Gasteiger partial charge in [0.05, 0.1) is 0 Å². The Bertz CT molecular complexity index is 367. The fourth-order valence-corrected chi connectivity index (χ4v) is 3.14. The third-order valence-corrected chi connectivity index (χ3v) is 4.63. The van der Waals surface area contributed by atoms with E-state index < -0.39 is 12.0 Å². The van der Waals surface area contributed by atoms with Crippen molar-refractivity contribution in [2.75, 3.05) is 19.6 Å². The molecule has 0 aromatic heterocycles. The molecule has 3 N–H and O–H groups in total. The number of carbonyl (C=O) groups excluding carboxylic acids is 1. The van der Waals surface area contributed by atoms with Crippen molar-refractivity contribution in [3.05, 3.63) is 0 Å². The molecule has 20 heavy (non-hydrogen) atoms. The van der Waals surface area contributed by atoms with Crippen LogP contribution in [0.2, 0.25) is 0 Å². The Morgan fingerprint density at radius 2 is 1.85 bits per heavy atom. The Kier molecular flexibility index (Phi) is 4.86. The highest BCUT2D eigenvalue weighted by molar-refractivity contribution is 5.83. The van der Waals surface area contributed by atoms with E-state index in [0.29, 0.717) is 32.0 Å². The van der Waals surface area contributed by atoms with Crippen molar-refractivity contribution in [1.82, 2.24) is 9.80 Å². The minimum absolute atomic E-state index is 0.126. The topological polar surface area (TPSA) is 86.9 Å². The highest BCUT2D eigenvalue weighted by atomic mass is 16.4. The number of carboxylic acids is 1. The van der Waals surface area contributed by atoms with Crippen LogP contribution >= 0.6 is 0 Å². The Morgan fingerprint density at radius 1 is 1.20 bits per heavy atom. The summed E-state index contributed by atoms with van der Waals surface area (Å²) in [6, 6.07) is -0.629. The second-order valence-corrected chi connectivity index (χ2v) is 5.95. The molecule has 0 aliphatic carbocycles. The molecule has 6 nitrogen and oxygen atoms in total. The largest absolute Gasteiger partial charge is 0.480 e. The molecule has 0 spiro atoms. The minimum atomic E-state index is -0.884. The molecule has 2 aliphatic heterocycles. The summed E-state index contributed by atoms with van der Waals surface area (Å²) in [6.45, 7) is 3.91. The molecule has 0 bridgehead atoms. The lowest BCUT2D eigenvalue weighted by Gasteiger charge is -2.41. The fourth-order valence-electron chi connectivity index (χ4n) is 3.14. The third-order valence-electron chi connectivity index (χ3n) is 4.63. The Hall–Kier alpha value is -1.30. The first-order valence-corrected chi connectivity index (χ1v) is 7.56. The van der Waals surface area contributed by atoms with Gasteiger partial charge in [0.2, 0.25) is 0 Å². The molecule has 0 saturated carbocycles. The van der Waals surface area contributed by atoms with Crippen LogP contribution in [0.25, 0.3) is 0 Å². The lowest BCUT2D eigenvalue weighted by atomic mass is 9.89. The molecule has 2 atom stereocenters. The lowest BCUT2D eigenvalue weighted by Crippen LogP contribution is -2.56. The molecule has 2 unspecified atom stereocenters. The van der Waals surface area contributed by atoms with Gasteiger partial charge in [0, 0.05) is 25.7 Å². The number of hydrogen-bond donors (Lipinski definition) is 2. The monoisotopic (exact) mass is 283 g/mol. The molecule has 2 rings (SSSR count). The summed E-state index contributed by atoms with van der Waals surface area (Å²) in [5.74, 6) is -0.472. The molecular weight excluding hydrogens is 258 g/mol. The summed E-state index contributed by atoms with van der Waals surface area (Å²) in [5.41, 5.74) is 5.84. The van der Waals surface area contributed by atoms with Crippen molar-refractivity contribution in [3.8, 4) is 0 Å². The average molecular weight is 283 g/mol. The molecule has 2 fully saturated rings. The number of carboxylic acid groups (broad SMARTS) is 1. The van der Waals surface area contributed by atoms with Crippen LogP contribution in [0.1, 0.15) is 39.0 Å². The van der Waals surface area contributed by atoms with Crippen molar-refractivity contribution < 1.29 is 14.7 Å². The number of nitrogens with zero attached hydrogens (tertiary/aromatic N) is 2. The molecule has 2 heterocycles. The van der Waals surface area contributed by atoms with Gasteiger partial charge < -0.3 is 20.6 Å². The zero-order valence-corrected chi connectivity index (χ0v) is 12.1. The van der Waals surface area contributed by atoms with Crippen molar-refractivity contribution in [1.29, 1.82) is 0 Å². The van der Waals surface area contributed by atoms with Gasteiger partial charge in [-0.05, 0) is 31.6 Å². The van der Waals surface area contributed by atoms with E-state index in [1.54, 1.807) is 9.80 Å². The van der Waals surface area contributed by atoms with Crippen LogP contribution in [-0.4, -0.2) is 58.6 Å². The van der Waals surface area contributed by atoms with Crippen LogP contribution < -0.4 is 5.73 Å². The highest BCUT2D eigenvalue weighted by Gasteiger charge is 2.37. The fraction of sp³-hybridized carbons (Fsp3) is 0.857. The van der Waals surface area contributed by atoms with Crippen molar-refractivity contribution in [3.63, 3.8) is 0 Å². The van der Waals surface area contributed by atoms with E-state index in [0.717, 1.165) is 25.7 Å². The van der Waals surface area contributed by atoms with Crippen LogP contribution in [0.4, 0.5) is 4.79 Å². The number of amides is 2. The number of rotatable bonds is 2. The molecule has 2 amide bonds. The molecule has 2 saturated heterocycles. The summed E-state index contributed by atoms with van der Waals surface area (Å²) in [6.07, 6.45) is 4.05. The van der Waals surface area contributed by atoms with E-state index >= 15 is 0 Å². The number of likely N-dealkylation sites (tertiary alicyclic amines) is 2. The van der Waals surface area contributed by atoms with Crippen LogP contribution in [0.3, 0.4) is 0 Å². The van der Waals surface area contributed by atoms with Gasteiger partial charge in [-0.1, -0.05) is 13.3 Å². The maximum absolute atomic E-state index is 12.5. The molecule has 0 radical (unpaired) electrons. The average Bonchev–Trinajstić information content (AvgIpc) is 2.46. The lowest BCUT2D eigenvalue weighted by molar-refractivity contribution is -0.144. The highest BCUT2D eigenvalue weighted by Crippen LogP contribution is 2.27. The van der Waals surface area contributed by atoms with E-state index in [1.807, 2.05) is 0 Å². The Labute approximate surface area is 119 Å². The van der Waals surface area contributed by atoms with E-state index in [9.17, 15) is 14.7 Å². The van der Waals surface area contributed by atoms with E-state index in [-0.39, 0.29) is 12.1 Å². The van der Waals surface area contributed by atoms with Gasteiger partial charge in [-0.2, -0.15) is 0 Å². The smallest absolute Gasteiger partial charge is 0.326 e. The molecule has 0 aromatic carbocycles. The van der Waals surface area contributed by atoms with Crippen molar-refractivity contribution in [2.45, 2.75) is 51.1 Å². The summed E-state index contributed by atoms with van der Waals surface area (Å²) in [4.78, 5) is 27.3. The molecular formula is C14H25N3O3. The second-order valence-electron chi connectivity index (χ2n) is 5.95. The van der Waals surface area contributed by atoms with E-state index in [2.05, 4.69) is 6.92 Å². The van der Waals surface area contributed by atoms with Gasteiger partial charge in [0.1, 0.15) is 6.04 Å². The van der Waals surface area contributed by atoms with E-state index in [1.165, 1.54) is 0 Å². The number of aliphatic carboxylic acids is 1. The van der Waals surface area contributed by atoms with Gasteiger partial charge in [0.15, 0.2) is 0 Å². The first-order valence-electron chi connectivity index (χ1n) is 7.56. The maximum Gasteiger partial charge on any atom is 0.326 e. The number of hydrogen-bond acceptors (Lipinski definition) is 3. The SMILES string of the molecule is CCC1CCN(C(=O)N2CCC(N)CC2)C(C(=O)O)C1. The Balaban J connectivity index is 2.02. The third kappa shape index (κ3) is 3.23. The first kappa shape index (κ1) is 15.1. The van der Waals surface area contributed by atoms with Crippen molar-refractivity contribution >= 4 is 12.0 Å². The van der Waals surface area contributed by atoms with Gasteiger partial charge in [-0.25, -0.2) is 9.59 Å². The van der Waals surface area contributed by atoms with Gasteiger partial charge in [-0.15, -0.1) is 0 Å². The van der Waals surface area contributed by atoms with Gasteiger partial charge in [-0.3, -0.25) is 0 Å². The minimum Gasteiger partial charge on any atom is -0.480 e. The number of urea groups is 1. The predicted octanol–water partition coefficient (Wildman–Crippen LogP) is 1.10. The number of nitrogens with two attached hydrogens (primary N) is 1. The van der Waals surface area contributed by atoms with Crippen LogP contribution in [0, 0.1) is 5.92 Å². The van der Waals surface area contributed by atoms with Crippen LogP contribution in [-0.2, 0) is 4.79 Å². The predicted molar refractivity (Wildman–Crippen MR) is 75.3 cm³/mol. The van der Waals surface area contributed by atoms with E-state index in [4.69, 9.17) is 5.73 Å². The van der Waals surface area contributed by atoms with Crippen molar-refractivity contribution in [2.24, 2.45) is 11.7 Å².